The fourth-order valence-corrected chi connectivity index (χ4v) is 2.92. The van der Waals surface area contributed by atoms with Gasteiger partial charge in [-0.15, -0.1) is 0 Å². The van der Waals surface area contributed by atoms with Gasteiger partial charge < -0.3 is 15.4 Å². The van der Waals surface area contributed by atoms with Crippen molar-refractivity contribution < 1.29 is 4.74 Å². The highest BCUT2D eigenvalue weighted by Gasteiger charge is 2.07. The first-order chi connectivity index (χ1) is 12.5. The first kappa shape index (κ1) is 18.3. The van der Waals surface area contributed by atoms with Crippen molar-refractivity contribution in [2.45, 2.75) is 13.5 Å². The van der Waals surface area contributed by atoms with Crippen LogP contribution < -0.4 is 15.4 Å². The molecule has 0 fully saturated rings. The van der Waals surface area contributed by atoms with Gasteiger partial charge in [0.25, 0.3) is 0 Å². The molecule has 0 bridgehead atoms. The van der Waals surface area contributed by atoms with Gasteiger partial charge in [0.2, 0.25) is 5.95 Å². The van der Waals surface area contributed by atoms with E-state index in [9.17, 15) is 0 Å². The Labute approximate surface area is 162 Å². The van der Waals surface area contributed by atoms with Crippen molar-refractivity contribution in [2.75, 3.05) is 17.7 Å². The number of aryl methyl sites for hydroxylation is 1. The molecule has 1 aromatic heterocycles. The molecule has 0 unspecified atom stereocenters. The molecule has 0 atom stereocenters. The molecule has 7 heteroatoms. The van der Waals surface area contributed by atoms with Gasteiger partial charge in [0, 0.05) is 28.9 Å². The Morgan fingerprint density at radius 2 is 1.85 bits per heavy atom. The van der Waals surface area contributed by atoms with E-state index < -0.39 is 0 Å². The summed E-state index contributed by atoms with van der Waals surface area (Å²) in [6.45, 7) is 2.46. The fourth-order valence-electron chi connectivity index (χ4n) is 2.46. The Morgan fingerprint density at radius 1 is 1.04 bits per heavy atom. The average Bonchev–Trinajstić information content (AvgIpc) is 2.62. The van der Waals surface area contributed by atoms with Crippen LogP contribution in [-0.2, 0) is 6.54 Å². The molecule has 134 valence electrons. The zero-order chi connectivity index (χ0) is 18.5. The smallest absolute Gasteiger partial charge is 0.225 e. The van der Waals surface area contributed by atoms with Crippen molar-refractivity contribution in [2.24, 2.45) is 0 Å². The summed E-state index contributed by atoms with van der Waals surface area (Å²) in [5.41, 5.74) is 2.58. The predicted molar refractivity (Wildman–Crippen MR) is 107 cm³/mol. The minimum absolute atomic E-state index is 0.517. The molecule has 26 heavy (non-hydrogen) atoms. The van der Waals surface area contributed by atoms with Crippen LogP contribution in [0.3, 0.4) is 0 Å². The average molecular weight is 389 g/mol. The van der Waals surface area contributed by atoms with Crippen molar-refractivity contribution >= 4 is 40.7 Å². The molecule has 2 N–H and O–H groups in total. The number of rotatable bonds is 6. The van der Waals surface area contributed by atoms with Gasteiger partial charge in [-0.05, 0) is 31.2 Å². The number of nitrogens with zero attached hydrogens (tertiary/aromatic N) is 2. The number of hydrogen-bond donors (Lipinski definition) is 2. The number of halogens is 2. The van der Waals surface area contributed by atoms with Crippen molar-refractivity contribution in [1.29, 1.82) is 0 Å². The van der Waals surface area contributed by atoms with Crippen molar-refractivity contribution in [3.05, 3.63) is 69.8 Å². The third kappa shape index (κ3) is 4.56. The van der Waals surface area contributed by atoms with Crippen molar-refractivity contribution in [1.82, 2.24) is 9.97 Å². The van der Waals surface area contributed by atoms with Crippen LogP contribution in [0.2, 0.25) is 10.0 Å². The van der Waals surface area contributed by atoms with E-state index in [0.29, 0.717) is 28.4 Å². The summed E-state index contributed by atoms with van der Waals surface area (Å²) in [6.07, 6.45) is 0. The van der Waals surface area contributed by atoms with Crippen molar-refractivity contribution in [3.63, 3.8) is 0 Å². The zero-order valence-electron chi connectivity index (χ0n) is 14.4. The van der Waals surface area contributed by atoms with Crippen LogP contribution in [0.4, 0.5) is 17.5 Å². The highest BCUT2D eigenvalue weighted by atomic mass is 35.5. The molecule has 0 saturated carbocycles. The van der Waals surface area contributed by atoms with Crippen molar-refractivity contribution in [3.8, 4) is 5.75 Å². The maximum Gasteiger partial charge on any atom is 0.225 e. The molecule has 3 rings (SSSR count). The molecule has 2 aromatic carbocycles. The van der Waals surface area contributed by atoms with E-state index in [1.807, 2.05) is 43.3 Å². The fraction of sp³-hybridized carbons (Fsp3) is 0.158. The normalized spacial score (nSPS) is 10.5. The third-order valence-corrected chi connectivity index (χ3v) is 4.23. The first-order valence-corrected chi connectivity index (χ1v) is 8.74. The van der Waals surface area contributed by atoms with Gasteiger partial charge in [-0.2, -0.15) is 4.98 Å². The minimum Gasteiger partial charge on any atom is -0.496 e. The quantitative estimate of drug-likeness (QED) is 0.587. The molecule has 5 nitrogen and oxygen atoms in total. The summed E-state index contributed by atoms with van der Waals surface area (Å²) in [6, 6.07) is 14.9. The molecule has 0 radical (unpaired) electrons. The lowest BCUT2D eigenvalue weighted by Gasteiger charge is -2.12. The van der Waals surface area contributed by atoms with Crippen LogP contribution in [0, 0.1) is 6.92 Å². The van der Waals surface area contributed by atoms with E-state index in [-0.39, 0.29) is 0 Å². The summed E-state index contributed by atoms with van der Waals surface area (Å²) in [5, 5.41) is 7.53. The minimum atomic E-state index is 0.517. The monoisotopic (exact) mass is 388 g/mol. The van der Waals surface area contributed by atoms with Crippen LogP contribution >= 0.6 is 23.2 Å². The number of anilines is 3. The lowest BCUT2D eigenvalue weighted by Crippen LogP contribution is -2.07. The van der Waals surface area contributed by atoms with Gasteiger partial charge in [-0.1, -0.05) is 41.4 Å². The van der Waals surface area contributed by atoms with Gasteiger partial charge in [-0.3, -0.25) is 0 Å². The topological polar surface area (TPSA) is 59.1 Å². The highest BCUT2D eigenvalue weighted by Crippen LogP contribution is 2.28. The molecule has 3 aromatic rings. The molecule has 0 aliphatic rings. The maximum absolute atomic E-state index is 6.21. The standard InChI is InChI=1S/C19H18Cl2N4O/c1-12-9-18(24-16-8-7-14(20)10-15(16)21)25-19(23-12)22-11-13-5-3-4-6-17(13)26-2/h3-10H,11H2,1-2H3,(H2,22,23,24,25). The molecule has 1 heterocycles. The van der Waals surface area contributed by atoms with Crippen LogP contribution in [0.5, 0.6) is 5.75 Å². The van der Waals surface area contributed by atoms with E-state index in [1.54, 1.807) is 19.2 Å². The van der Waals surface area contributed by atoms with Gasteiger partial charge in [0.15, 0.2) is 0 Å². The second-order valence-electron chi connectivity index (χ2n) is 5.63. The molecule has 0 amide bonds. The number of benzene rings is 2. The lowest BCUT2D eigenvalue weighted by atomic mass is 10.2. The highest BCUT2D eigenvalue weighted by molar-refractivity contribution is 6.36. The van der Waals surface area contributed by atoms with Crippen LogP contribution in [0.15, 0.2) is 48.5 Å². The van der Waals surface area contributed by atoms with Gasteiger partial charge in [0.1, 0.15) is 11.6 Å². The Kier molecular flexibility index (Phi) is 5.81. The molecule has 0 aliphatic carbocycles. The maximum atomic E-state index is 6.21. The van der Waals surface area contributed by atoms with Gasteiger partial charge >= 0.3 is 0 Å². The Morgan fingerprint density at radius 3 is 2.62 bits per heavy atom. The summed E-state index contributed by atoms with van der Waals surface area (Å²) in [5.74, 6) is 1.98. The predicted octanol–water partition coefficient (Wildman–Crippen LogP) is 5.46. The number of nitrogens with one attached hydrogen (secondary N) is 2. The number of para-hydroxylation sites is 1. The van der Waals surface area contributed by atoms with E-state index in [4.69, 9.17) is 27.9 Å². The Balaban J connectivity index is 1.77. The summed E-state index contributed by atoms with van der Waals surface area (Å²) in [7, 11) is 1.65. The first-order valence-electron chi connectivity index (χ1n) is 7.98. The zero-order valence-corrected chi connectivity index (χ0v) is 15.9. The molecule has 0 spiro atoms. The Hall–Kier alpha value is -2.50. The van der Waals surface area contributed by atoms with E-state index >= 15 is 0 Å². The number of aromatic nitrogens is 2. The summed E-state index contributed by atoms with van der Waals surface area (Å²) >= 11 is 12.2. The molecule has 0 aliphatic heterocycles. The third-order valence-electron chi connectivity index (χ3n) is 3.68. The number of hydrogen-bond acceptors (Lipinski definition) is 5. The van der Waals surface area contributed by atoms with E-state index in [1.165, 1.54) is 0 Å². The van der Waals surface area contributed by atoms with Crippen LogP contribution in [0.1, 0.15) is 11.3 Å². The number of methoxy groups -OCH3 is 1. The number of ether oxygens (including phenoxy) is 1. The van der Waals surface area contributed by atoms with Crippen LogP contribution in [-0.4, -0.2) is 17.1 Å². The van der Waals surface area contributed by atoms with Gasteiger partial charge in [-0.25, -0.2) is 4.98 Å². The van der Waals surface area contributed by atoms with Gasteiger partial charge in [0.05, 0.1) is 17.8 Å². The second-order valence-corrected chi connectivity index (χ2v) is 6.48. The molecular formula is C19H18Cl2N4O. The molecular weight excluding hydrogens is 371 g/mol. The second kappa shape index (κ2) is 8.25. The van der Waals surface area contributed by atoms with Crippen LogP contribution in [0.25, 0.3) is 0 Å². The van der Waals surface area contributed by atoms with E-state index in [0.717, 1.165) is 22.7 Å². The largest absolute Gasteiger partial charge is 0.496 e. The molecule has 0 saturated heterocycles. The Bertz CT molecular complexity index is 918. The SMILES string of the molecule is COc1ccccc1CNc1nc(C)cc(Nc2ccc(Cl)cc2Cl)n1. The lowest BCUT2D eigenvalue weighted by molar-refractivity contribution is 0.410. The summed E-state index contributed by atoms with van der Waals surface area (Å²) in [4.78, 5) is 8.92. The summed E-state index contributed by atoms with van der Waals surface area (Å²) < 4.78 is 5.36. The van der Waals surface area contributed by atoms with E-state index in [2.05, 4.69) is 20.6 Å².